The average molecular weight is 249 g/mol. The van der Waals surface area contributed by atoms with Crippen molar-refractivity contribution >= 4 is 5.97 Å². The standard InChI is InChI=1S/C16H11NO2/c17-10-11-3-1-5-13(9-11)14-6-2-4-12-7-8-19-16(18)15(12)14/h1-6,9H,7-8H2. The molecule has 3 rings (SSSR count). The second-order valence-corrected chi connectivity index (χ2v) is 4.42. The number of benzene rings is 2. The summed E-state index contributed by atoms with van der Waals surface area (Å²) >= 11 is 0. The third-order valence-electron chi connectivity index (χ3n) is 3.26. The van der Waals surface area contributed by atoms with Gasteiger partial charge in [-0.05, 0) is 28.8 Å². The number of carbonyl (C=O) groups excluding carboxylic acids is 1. The summed E-state index contributed by atoms with van der Waals surface area (Å²) in [6.45, 7) is 0.438. The van der Waals surface area contributed by atoms with Crippen LogP contribution in [0.1, 0.15) is 21.5 Å². The molecule has 0 aliphatic carbocycles. The van der Waals surface area contributed by atoms with Crippen molar-refractivity contribution in [1.29, 1.82) is 5.26 Å². The van der Waals surface area contributed by atoms with Gasteiger partial charge in [-0.15, -0.1) is 0 Å². The number of carbonyl (C=O) groups is 1. The van der Waals surface area contributed by atoms with Crippen LogP contribution in [0.15, 0.2) is 42.5 Å². The minimum absolute atomic E-state index is 0.279. The summed E-state index contributed by atoms with van der Waals surface area (Å²) in [4.78, 5) is 11.9. The quantitative estimate of drug-likeness (QED) is 0.730. The molecular formula is C16H11NO2. The molecule has 0 saturated carbocycles. The van der Waals surface area contributed by atoms with Gasteiger partial charge >= 0.3 is 5.97 Å². The smallest absolute Gasteiger partial charge is 0.339 e. The lowest BCUT2D eigenvalue weighted by Gasteiger charge is -2.18. The van der Waals surface area contributed by atoms with Crippen molar-refractivity contribution in [1.82, 2.24) is 0 Å². The van der Waals surface area contributed by atoms with Crippen molar-refractivity contribution in [2.45, 2.75) is 6.42 Å². The molecule has 92 valence electrons. The van der Waals surface area contributed by atoms with E-state index < -0.39 is 0 Å². The van der Waals surface area contributed by atoms with Crippen LogP contribution in [0.2, 0.25) is 0 Å². The van der Waals surface area contributed by atoms with E-state index in [1.54, 1.807) is 12.1 Å². The van der Waals surface area contributed by atoms with Crippen LogP contribution >= 0.6 is 0 Å². The number of cyclic esters (lactones) is 1. The van der Waals surface area contributed by atoms with E-state index in [0.29, 0.717) is 17.7 Å². The van der Waals surface area contributed by atoms with E-state index in [-0.39, 0.29) is 5.97 Å². The molecule has 0 aromatic heterocycles. The van der Waals surface area contributed by atoms with Crippen LogP contribution in [0.25, 0.3) is 11.1 Å². The Morgan fingerprint density at radius 3 is 2.84 bits per heavy atom. The zero-order chi connectivity index (χ0) is 13.2. The molecule has 0 spiro atoms. The molecule has 0 saturated heterocycles. The zero-order valence-corrected chi connectivity index (χ0v) is 10.2. The molecular weight excluding hydrogens is 238 g/mol. The van der Waals surface area contributed by atoms with E-state index >= 15 is 0 Å². The molecule has 0 amide bonds. The fourth-order valence-corrected chi connectivity index (χ4v) is 2.37. The summed E-state index contributed by atoms with van der Waals surface area (Å²) in [7, 11) is 0. The monoisotopic (exact) mass is 249 g/mol. The van der Waals surface area contributed by atoms with E-state index in [9.17, 15) is 4.79 Å². The molecule has 1 aliphatic heterocycles. The molecule has 0 bridgehead atoms. The van der Waals surface area contributed by atoms with Gasteiger partial charge in [0.15, 0.2) is 0 Å². The van der Waals surface area contributed by atoms with Gasteiger partial charge in [-0.3, -0.25) is 0 Å². The van der Waals surface area contributed by atoms with Crippen LogP contribution in [-0.4, -0.2) is 12.6 Å². The molecule has 3 heteroatoms. The van der Waals surface area contributed by atoms with Crippen LogP contribution in [0.3, 0.4) is 0 Å². The van der Waals surface area contributed by atoms with Crippen LogP contribution in [-0.2, 0) is 11.2 Å². The Labute approximate surface area is 111 Å². The second kappa shape index (κ2) is 4.58. The number of esters is 1. The highest BCUT2D eigenvalue weighted by atomic mass is 16.5. The fraction of sp³-hybridized carbons (Fsp3) is 0.125. The van der Waals surface area contributed by atoms with Crippen molar-refractivity contribution in [2.24, 2.45) is 0 Å². The average Bonchev–Trinajstić information content (AvgIpc) is 2.47. The summed E-state index contributed by atoms with van der Waals surface area (Å²) in [6.07, 6.45) is 0.743. The molecule has 0 unspecified atom stereocenters. The van der Waals surface area contributed by atoms with Crippen LogP contribution in [0, 0.1) is 11.3 Å². The third kappa shape index (κ3) is 1.98. The molecule has 0 radical (unpaired) electrons. The van der Waals surface area contributed by atoms with Crippen molar-refractivity contribution in [3.8, 4) is 17.2 Å². The Kier molecular flexibility index (Phi) is 2.77. The van der Waals surface area contributed by atoms with Gasteiger partial charge in [0.1, 0.15) is 0 Å². The summed E-state index contributed by atoms with van der Waals surface area (Å²) < 4.78 is 5.12. The van der Waals surface area contributed by atoms with Gasteiger partial charge in [0, 0.05) is 6.42 Å². The number of rotatable bonds is 1. The Hall–Kier alpha value is -2.60. The normalized spacial score (nSPS) is 13.3. The maximum Gasteiger partial charge on any atom is 0.339 e. The van der Waals surface area contributed by atoms with Crippen molar-refractivity contribution in [2.75, 3.05) is 6.61 Å². The molecule has 19 heavy (non-hydrogen) atoms. The second-order valence-electron chi connectivity index (χ2n) is 4.42. The first-order valence-electron chi connectivity index (χ1n) is 6.09. The van der Waals surface area contributed by atoms with Gasteiger partial charge in [0.2, 0.25) is 0 Å². The Morgan fingerprint density at radius 2 is 2.00 bits per heavy atom. The molecule has 0 fully saturated rings. The summed E-state index contributed by atoms with van der Waals surface area (Å²) in [5.74, 6) is -0.279. The van der Waals surface area contributed by atoms with Gasteiger partial charge in [-0.25, -0.2) is 4.79 Å². The predicted octanol–water partition coefficient (Wildman–Crippen LogP) is 2.94. The van der Waals surface area contributed by atoms with Gasteiger partial charge in [0.25, 0.3) is 0 Å². The highest BCUT2D eigenvalue weighted by Gasteiger charge is 2.22. The summed E-state index contributed by atoms with van der Waals surface area (Å²) in [5.41, 5.74) is 3.92. The van der Waals surface area contributed by atoms with Gasteiger partial charge in [-0.2, -0.15) is 5.26 Å². The van der Waals surface area contributed by atoms with Crippen LogP contribution in [0.5, 0.6) is 0 Å². The third-order valence-corrected chi connectivity index (χ3v) is 3.26. The van der Waals surface area contributed by atoms with Crippen molar-refractivity contribution < 1.29 is 9.53 Å². The first kappa shape index (κ1) is 11.5. The Bertz CT molecular complexity index is 698. The number of ether oxygens (including phenoxy) is 1. The maximum atomic E-state index is 11.9. The van der Waals surface area contributed by atoms with E-state index in [4.69, 9.17) is 10.00 Å². The van der Waals surface area contributed by atoms with Gasteiger partial charge < -0.3 is 4.74 Å². The summed E-state index contributed by atoms with van der Waals surface area (Å²) in [6, 6.07) is 15.1. The zero-order valence-electron chi connectivity index (χ0n) is 10.2. The lowest BCUT2D eigenvalue weighted by molar-refractivity contribution is 0.0481. The van der Waals surface area contributed by atoms with Gasteiger partial charge in [-0.1, -0.05) is 30.3 Å². The molecule has 2 aromatic carbocycles. The molecule has 1 heterocycles. The lowest BCUT2D eigenvalue weighted by atomic mass is 9.92. The van der Waals surface area contributed by atoms with Crippen LogP contribution in [0.4, 0.5) is 0 Å². The van der Waals surface area contributed by atoms with E-state index in [2.05, 4.69) is 6.07 Å². The SMILES string of the molecule is N#Cc1cccc(-c2cccc3c2C(=O)OCC3)c1. The molecule has 3 nitrogen and oxygen atoms in total. The van der Waals surface area contributed by atoms with E-state index in [0.717, 1.165) is 23.1 Å². The number of hydrogen-bond acceptors (Lipinski definition) is 3. The summed E-state index contributed by atoms with van der Waals surface area (Å²) in [5, 5.41) is 8.96. The Balaban J connectivity index is 2.21. The molecule has 0 atom stereocenters. The first-order valence-corrected chi connectivity index (χ1v) is 6.09. The maximum absolute atomic E-state index is 11.9. The van der Waals surface area contributed by atoms with E-state index in [1.807, 2.05) is 30.3 Å². The highest BCUT2D eigenvalue weighted by molar-refractivity contribution is 5.99. The lowest BCUT2D eigenvalue weighted by Crippen LogP contribution is -2.18. The van der Waals surface area contributed by atoms with Gasteiger partial charge in [0.05, 0.1) is 23.8 Å². The van der Waals surface area contributed by atoms with Crippen molar-refractivity contribution in [3.05, 3.63) is 59.2 Å². The number of hydrogen-bond donors (Lipinski definition) is 0. The molecule has 0 N–H and O–H groups in total. The molecule has 1 aliphatic rings. The first-order chi connectivity index (χ1) is 9.29. The minimum Gasteiger partial charge on any atom is -0.462 e. The number of fused-ring (bicyclic) bond motifs is 1. The topological polar surface area (TPSA) is 50.1 Å². The predicted molar refractivity (Wildman–Crippen MR) is 70.6 cm³/mol. The van der Waals surface area contributed by atoms with Crippen molar-refractivity contribution in [3.63, 3.8) is 0 Å². The fourth-order valence-electron chi connectivity index (χ4n) is 2.37. The minimum atomic E-state index is -0.279. The largest absolute Gasteiger partial charge is 0.462 e. The number of nitriles is 1. The van der Waals surface area contributed by atoms with E-state index in [1.165, 1.54) is 0 Å². The Morgan fingerprint density at radius 1 is 1.16 bits per heavy atom. The highest BCUT2D eigenvalue weighted by Crippen LogP contribution is 2.29. The number of nitrogens with zero attached hydrogens (tertiary/aromatic N) is 1. The molecule has 2 aromatic rings. The van der Waals surface area contributed by atoms with Crippen LogP contribution < -0.4 is 0 Å².